The van der Waals surface area contributed by atoms with Gasteiger partial charge in [0.25, 0.3) is 0 Å². The lowest BCUT2D eigenvalue weighted by Gasteiger charge is -2.31. The van der Waals surface area contributed by atoms with Crippen molar-refractivity contribution >= 4 is 11.8 Å². The third-order valence-electron chi connectivity index (χ3n) is 5.60. The van der Waals surface area contributed by atoms with Gasteiger partial charge in [0.2, 0.25) is 11.8 Å². The monoisotopic (exact) mass is 357 g/mol. The van der Waals surface area contributed by atoms with E-state index in [0.717, 1.165) is 32.4 Å². The van der Waals surface area contributed by atoms with Gasteiger partial charge in [-0.05, 0) is 44.5 Å². The zero-order valence-corrected chi connectivity index (χ0v) is 16.3. The molecule has 3 rings (SSSR count). The van der Waals surface area contributed by atoms with Crippen molar-refractivity contribution in [1.82, 2.24) is 14.7 Å². The number of benzene rings is 1. The van der Waals surface area contributed by atoms with Crippen molar-refractivity contribution in [2.24, 2.45) is 5.92 Å². The van der Waals surface area contributed by atoms with Crippen LogP contribution >= 0.6 is 0 Å². The number of fused-ring (bicyclic) bond motifs is 1. The summed E-state index contributed by atoms with van der Waals surface area (Å²) in [5.41, 5.74) is 2.73. The van der Waals surface area contributed by atoms with Gasteiger partial charge < -0.3 is 14.7 Å². The Bertz CT molecular complexity index is 633. The highest BCUT2D eigenvalue weighted by molar-refractivity contribution is 5.89. The lowest BCUT2D eigenvalue weighted by molar-refractivity contribution is -0.138. The number of carbonyl (C=O) groups excluding carboxylic acids is 2. The van der Waals surface area contributed by atoms with Crippen LogP contribution in [0.25, 0.3) is 0 Å². The number of hydrogen-bond donors (Lipinski definition) is 0. The molecular formula is C21H31N3O2. The summed E-state index contributed by atoms with van der Waals surface area (Å²) in [4.78, 5) is 31.5. The van der Waals surface area contributed by atoms with Crippen LogP contribution in [0.3, 0.4) is 0 Å². The van der Waals surface area contributed by atoms with Crippen LogP contribution in [0.15, 0.2) is 24.3 Å². The molecule has 142 valence electrons. The van der Waals surface area contributed by atoms with E-state index < -0.39 is 0 Å². The first-order valence-electron chi connectivity index (χ1n) is 9.79. The van der Waals surface area contributed by atoms with Crippen molar-refractivity contribution in [1.29, 1.82) is 0 Å². The van der Waals surface area contributed by atoms with E-state index in [1.807, 2.05) is 19.0 Å². The number of hydrogen-bond acceptors (Lipinski definition) is 3. The molecule has 2 aliphatic rings. The van der Waals surface area contributed by atoms with Gasteiger partial charge in [-0.25, -0.2) is 0 Å². The Morgan fingerprint density at radius 1 is 1.12 bits per heavy atom. The largest absolute Gasteiger partial charge is 0.341 e. The fourth-order valence-corrected chi connectivity index (χ4v) is 4.18. The average Bonchev–Trinajstić information content (AvgIpc) is 3.20. The highest BCUT2D eigenvalue weighted by Gasteiger charge is 2.39. The van der Waals surface area contributed by atoms with Crippen LogP contribution in [-0.4, -0.2) is 72.8 Å². The lowest BCUT2D eigenvalue weighted by atomic mass is 10.0. The van der Waals surface area contributed by atoms with Crippen LogP contribution < -0.4 is 0 Å². The molecule has 0 bridgehead atoms. The van der Waals surface area contributed by atoms with Gasteiger partial charge in [-0.3, -0.25) is 9.59 Å². The first-order valence-corrected chi connectivity index (χ1v) is 9.79. The van der Waals surface area contributed by atoms with E-state index in [2.05, 4.69) is 41.0 Å². The zero-order valence-electron chi connectivity index (χ0n) is 16.3. The molecule has 1 atom stereocenters. The normalized spacial score (nSPS) is 20.1. The standard InChI is InChI=1S/C21H31N3O2/c1-4-9-24(19-12-16-7-5-6-8-17(16)13-19)21(26)18-14-20(25)23(15-18)11-10-22(2)3/h5-8,18-19H,4,9-15H2,1-3H3/t18-/m0/s1. The zero-order chi connectivity index (χ0) is 18.7. The van der Waals surface area contributed by atoms with Gasteiger partial charge in [0.05, 0.1) is 5.92 Å². The molecule has 1 aromatic rings. The predicted molar refractivity (Wildman–Crippen MR) is 103 cm³/mol. The second kappa shape index (κ2) is 8.21. The Hall–Kier alpha value is -1.88. The second-order valence-electron chi connectivity index (χ2n) is 7.91. The lowest BCUT2D eigenvalue weighted by Crippen LogP contribution is -2.45. The van der Waals surface area contributed by atoms with E-state index in [4.69, 9.17) is 0 Å². The van der Waals surface area contributed by atoms with E-state index in [-0.39, 0.29) is 23.8 Å². The van der Waals surface area contributed by atoms with Gasteiger partial charge in [-0.1, -0.05) is 31.2 Å². The first kappa shape index (κ1) is 18.9. The molecule has 5 heteroatoms. The number of likely N-dealkylation sites (N-methyl/N-ethyl adjacent to an activating group) is 1. The van der Waals surface area contributed by atoms with Crippen LogP contribution in [0, 0.1) is 5.92 Å². The second-order valence-corrected chi connectivity index (χ2v) is 7.91. The van der Waals surface area contributed by atoms with Crippen molar-refractivity contribution in [2.45, 2.75) is 38.6 Å². The molecule has 5 nitrogen and oxygen atoms in total. The van der Waals surface area contributed by atoms with Crippen LogP contribution in [0.4, 0.5) is 0 Å². The van der Waals surface area contributed by atoms with Gasteiger partial charge >= 0.3 is 0 Å². The summed E-state index contributed by atoms with van der Waals surface area (Å²) in [6, 6.07) is 8.74. The van der Waals surface area contributed by atoms with Gasteiger partial charge in [-0.2, -0.15) is 0 Å². The number of amides is 2. The molecule has 1 aliphatic carbocycles. The summed E-state index contributed by atoms with van der Waals surface area (Å²) in [7, 11) is 4.01. The SMILES string of the molecule is CCCN(C(=O)[C@H]1CC(=O)N(CCN(C)C)C1)C1Cc2ccccc2C1. The molecule has 2 amide bonds. The van der Waals surface area contributed by atoms with E-state index >= 15 is 0 Å². The van der Waals surface area contributed by atoms with E-state index in [1.54, 1.807) is 0 Å². The highest BCUT2D eigenvalue weighted by atomic mass is 16.2. The van der Waals surface area contributed by atoms with Gasteiger partial charge in [0.15, 0.2) is 0 Å². The maximum absolute atomic E-state index is 13.2. The topological polar surface area (TPSA) is 43.9 Å². The molecule has 0 N–H and O–H groups in total. The Kier molecular flexibility index (Phi) is 5.97. The molecule has 0 saturated carbocycles. The molecule has 0 spiro atoms. The third-order valence-corrected chi connectivity index (χ3v) is 5.60. The van der Waals surface area contributed by atoms with Crippen molar-refractivity contribution < 1.29 is 9.59 Å². The van der Waals surface area contributed by atoms with Gasteiger partial charge in [-0.15, -0.1) is 0 Å². The number of carbonyl (C=O) groups is 2. The quantitative estimate of drug-likeness (QED) is 0.747. The average molecular weight is 357 g/mol. The molecule has 0 unspecified atom stereocenters. The van der Waals surface area contributed by atoms with Gasteiger partial charge in [0, 0.05) is 38.6 Å². The third kappa shape index (κ3) is 4.09. The maximum Gasteiger partial charge on any atom is 0.228 e. The summed E-state index contributed by atoms with van der Waals surface area (Å²) >= 11 is 0. The van der Waals surface area contributed by atoms with Crippen LogP contribution in [0.2, 0.25) is 0 Å². The molecule has 1 aromatic carbocycles. The molecule has 0 radical (unpaired) electrons. The fraction of sp³-hybridized carbons (Fsp3) is 0.619. The predicted octanol–water partition coefficient (Wildman–Crippen LogP) is 1.80. The summed E-state index contributed by atoms with van der Waals surface area (Å²) in [5.74, 6) is 0.113. The van der Waals surface area contributed by atoms with Crippen molar-refractivity contribution in [3.8, 4) is 0 Å². The van der Waals surface area contributed by atoms with E-state index in [0.29, 0.717) is 19.5 Å². The minimum absolute atomic E-state index is 0.122. The van der Waals surface area contributed by atoms with Crippen LogP contribution in [-0.2, 0) is 22.4 Å². The minimum atomic E-state index is -0.181. The number of nitrogens with zero attached hydrogens (tertiary/aromatic N) is 3. The summed E-state index contributed by atoms with van der Waals surface area (Å²) in [6.07, 6.45) is 3.19. The number of rotatable bonds is 7. The smallest absolute Gasteiger partial charge is 0.228 e. The molecule has 1 aliphatic heterocycles. The van der Waals surface area contributed by atoms with Crippen molar-refractivity contribution in [3.05, 3.63) is 35.4 Å². The maximum atomic E-state index is 13.2. The highest BCUT2D eigenvalue weighted by Crippen LogP contribution is 2.28. The van der Waals surface area contributed by atoms with Crippen molar-refractivity contribution in [2.75, 3.05) is 40.3 Å². The summed E-state index contributed by atoms with van der Waals surface area (Å²) in [5, 5.41) is 0. The Morgan fingerprint density at radius 2 is 1.77 bits per heavy atom. The van der Waals surface area contributed by atoms with Crippen LogP contribution in [0.1, 0.15) is 30.9 Å². The van der Waals surface area contributed by atoms with E-state index in [9.17, 15) is 9.59 Å². The van der Waals surface area contributed by atoms with Crippen LogP contribution in [0.5, 0.6) is 0 Å². The molecule has 0 aromatic heterocycles. The Labute approximate surface area is 156 Å². The molecule has 1 fully saturated rings. The number of likely N-dealkylation sites (tertiary alicyclic amines) is 1. The molecular weight excluding hydrogens is 326 g/mol. The van der Waals surface area contributed by atoms with Gasteiger partial charge in [0.1, 0.15) is 0 Å². The van der Waals surface area contributed by atoms with E-state index in [1.165, 1.54) is 11.1 Å². The molecule has 26 heavy (non-hydrogen) atoms. The summed E-state index contributed by atoms with van der Waals surface area (Å²) in [6.45, 7) is 5.01. The van der Waals surface area contributed by atoms with Crippen molar-refractivity contribution in [3.63, 3.8) is 0 Å². The first-order chi connectivity index (χ1) is 12.5. The Balaban J connectivity index is 1.65. The minimum Gasteiger partial charge on any atom is -0.341 e. The summed E-state index contributed by atoms with van der Waals surface area (Å²) < 4.78 is 0. The fourth-order valence-electron chi connectivity index (χ4n) is 4.18. The Morgan fingerprint density at radius 3 is 2.35 bits per heavy atom. The molecule has 1 heterocycles. The molecule has 1 saturated heterocycles.